The lowest BCUT2D eigenvalue weighted by Gasteiger charge is -2.54. The number of methoxy groups -OCH3 is 1. The molecule has 1 saturated carbocycles. The van der Waals surface area contributed by atoms with E-state index < -0.39 is 6.10 Å². The molecule has 2 aliphatic rings. The van der Waals surface area contributed by atoms with Gasteiger partial charge < -0.3 is 15.2 Å². The van der Waals surface area contributed by atoms with E-state index in [9.17, 15) is 9.90 Å². The van der Waals surface area contributed by atoms with Gasteiger partial charge in [-0.25, -0.2) is 0 Å². The van der Waals surface area contributed by atoms with Gasteiger partial charge in [-0.15, -0.1) is 6.58 Å². The maximum atomic E-state index is 13.3. The number of aliphatic hydroxyl groups is 1. The zero-order valence-corrected chi connectivity index (χ0v) is 20.3. The Balaban J connectivity index is 1.43. The first-order valence-electron chi connectivity index (χ1n) is 12.5. The Morgan fingerprint density at radius 2 is 2.00 bits per heavy atom. The van der Waals surface area contributed by atoms with Gasteiger partial charge in [-0.3, -0.25) is 9.69 Å². The van der Waals surface area contributed by atoms with Crippen molar-refractivity contribution in [3.63, 3.8) is 0 Å². The summed E-state index contributed by atoms with van der Waals surface area (Å²) in [6, 6.07) is 22.0. The molecule has 5 nitrogen and oxygen atoms in total. The summed E-state index contributed by atoms with van der Waals surface area (Å²) in [5, 5.41) is 16.8. The highest BCUT2D eigenvalue weighted by Crippen LogP contribution is 2.49. The van der Waals surface area contributed by atoms with Gasteiger partial charge in [0.25, 0.3) is 5.91 Å². The van der Waals surface area contributed by atoms with Gasteiger partial charge in [0.05, 0.1) is 13.2 Å². The number of rotatable bonds is 6. The van der Waals surface area contributed by atoms with Crippen LogP contribution in [0.15, 0.2) is 79.4 Å². The van der Waals surface area contributed by atoms with Crippen LogP contribution in [-0.2, 0) is 5.41 Å². The number of nitrogens with one attached hydrogen (secondary N) is 1. The van der Waals surface area contributed by atoms with Gasteiger partial charge in [-0.2, -0.15) is 0 Å². The topological polar surface area (TPSA) is 61.8 Å². The van der Waals surface area contributed by atoms with Crippen molar-refractivity contribution < 1.29 is 14.6 Å². The standard InChI is InChI=1S/C30H34N2O3/c1-3-14-32-15-13-30(24-9-6-10-26(17-24)35-2)19-25(18-28(33)27(30)20-32)31-29(34)23-12-11-21-7-4-5-8-22(21)16-23/h3-12,16-17,25,27-28,33H,1,13-15,18-20H2,2H3,(H,31,34). The fourth-order valence-corrected chi connectivity index (χ4v) is 6.28. The van der Waals surface area contributed by atoms with Gasteiger partial charge in [0, 0.05) is 36.0 Å². The number of ether oxygens (including phenoxy) is 1. The van der Waals surface area contributed by atoms with Crippen molar-refractivity contribution in [3.8, 4) is 5.75 Å². The molecule has 4 unspecified atom stereocenters. The predicted octanol–water partition coefficient (Wildman–Crippen LogP) is 4.55. The Bertz CT molecular complexity index is 1220. The van der Waals surface area contributed by atoms with Crippen LogP contribution in [-0.4, -0.2) is 54.8 Å². The number of piperidine rings is 1. The Hall–Kier alpha value is -3.15. The second-order valence-electron chi connectivity index (χ2n) is 10.0. The average molecular weight is 471 g/mol. The summed E-state index contributed by atoms with van der Waals surface area (Å²) in [4.78, 5) is 15.6. The molecule has 182 valence electrons. The van der Waals surface area contributed by atoms with Crippen molar-refractivity contribution in [2.75, 3.05) is 26.7 Å². The maximum absolute atomic E-state index is 13.3. The summed E-state index contributed by atoms with van der Waals surface area (Å²) in [7, 11) is 1.68. The molecule has 1 aliphatic carbocycles. The van der Waals surface area contributed by atoms with Crippen LogP contribution in [0.5, 0.6) is 5.75 Å². The van der Waals surface area contributed by atoms with E-state index in [1.165, 1.54) is 5.56 Å². The number of hydrogen-bond acceptors (Lipinski definition) is 4. The van der Waals surface area contributed by atoms with Gasteiger partial charge in [0.1, 0.15) is 5.75 Å². The Morgan fingerprint density at radius 3 is 2.80 bits per heavy atom. The van der Waals surface area contributed by atoms with E-state index >= 15 is 0 Å². The van der Waals surface area contributed by atoms with Crippen LogP contribution >= 0.6 is 0 Å². The lowest BCUT2D eigenvalue weighted by atomic mass is 9.57. The lowest BCUT2D eigenvalue weighted by molar-refractivity contribution is -0.0450. The molecule has 1 saturated heterocycles. The minimum absolute atomic E-state index is 0.0807. The van der Waals surface area contributed by atoms with Crippen molar-refractivity contribution in [2.24, 2.45) is 5.92 Å². The smallest absolute Gasteiger partial charge is 0.251 e. The number of fused-ring (bicyclic) bond motifs is 2. The largest absolute Gasteiger partial charge is 0.497 e. The quantitative estimate of drug-likeness (QED) is 0.519. The summed E-state index contributed by atoms with van der Waals surface area (Å²) in [6.45, 7) is 6.46. The number of amides is 1. The molecule has 3 aromatic rings. The zero-order valence-electron chi connectivity index (χ0n) is 20.3. The molecule has 1 amide bonds. The first kappa shape index (κ1) is 23.6. The first-order chi connectivity index (χ1) is 17.0. The summed E-state index contributed by atoms with van der Waals surface area (Å²) < 4.78 is 5.54. The highest BCUT2D eigenvalue weighted by molar-refractivity contribution is 5.98. The van der Waals surface area contributed by atoms with E-state index in [0.29, 0.717) is 12.0 Å². The van der Waals surface area contributed by atoms with E-state index in [1.807, 2.05) is 60.7 Å². The highest BCUT2D eigenvalue weighted by Gasteiger charge is 2.52. The summed E-state index contributed by atoms with van der Waals surface area (Å²) >= 11 is 0. The molecule has 4 atom stereocenters. The third-order valence-electron chi connectivity index (χ3n) is 8.02. The number of aliphatic hydroxyl groups excluding tert-OH is 1. The minimum atomic E-state index is -0.510. The van der Waals surface area contributed by atoms with Gasteiger partial charge in [-0.05, 0) is 66.4 Å². The van der Waals surface area contributed by atoms with E-state index in [0.717, 1.165) is 49.0 Å². The van der Waals surface area contributed by atoms with Crippen LogP contribution in [0.1, 0.15) is 35.2 Å². The van der Waals surface area contributed by atoms with E-state index in [1.54, 1.807) is 7.11 Å². The second kappa shape index (κ2) is 9.84. The maximum Gasteiger partial charge on any atom is 0.251 e. The van der Waals surface area contributed by atoms with Crippen molar-refractivity contribution in [2.45, 2.75) is 36.8 Å². The molecule has 0 spiro atoms. The van der Waals surface area contributed by atoms with Gasteiger partial charge in [-0.1, -0.05) is 48.5 Å². The van der Waals surface area contributed by atoms with Crippen molar-refractivity contribution in [1.82, 2.24) is 10.2 Å². The summed E-state index contributed by atoms with van der Waals surface area (Å²) in [6.07, 6.45) is 3.68. The number of hydrogen-bond donors (Lipinski definition) is 2. The second-order valence-corrected chi connectivity index (χ2v) is 10.0. The number of nitrogens with zero attached hydrogens (tertiary/aromatic N) is 1. The van der Waals surface area contributed by atoms with E-state index in [-0.39, 0.29) is 23.3 Å². The molecule has 5 rings (SSSR count). The molecular formula is C30H34N2O3. The monoisotopic (exact) mass is 470 g/mol. The molecule has 35 heavy (non-hydrogen) atoms. The zero-order chi connectivity index (χ0) is 24.4. The molecule has 3 aromatic carbocycles. The fraction of sp³-hybridized carbons (Fsp3) is 0.367. The predicted molar refractivity (Wildman–Crippen MR) is 140 cm³/mol. The average Bonchev–Trinajstić information content (AvgIpc) is 2.89. The van der Waals surface area contributed by atoms with Crippen LogP contribution in [0.3, 0.4) is 0 Å². The van der Waals surface area contributed by atoms with Gasteiger partial charge in [0.15, 0.2) is 0 Å². The van der Waals surface area contributed by atoms with Crippen LogP contribution in [0, 0.1) is 5.92 Å². The highest BCUT2D eigenvalue weighted by atomic mass is 16.5. The van der Waals surface area contributed by atoms with Crippen molar-refractivity contribution in [1.29, 1.82) is 0 Å². The van der Waals surface area contributed by atoms with Crippen LogP contribution in [0.2, 0.25) is 0 Å². The number of carbonyl (C=O) groups excluding carboxylic acids is 1. The van der Waals surface area contributed by atoms with Crippen LogP contribution < -0.4 is 10.1 Å². The number of likely N-dealkylation sites (tertiary alicyclic amines) is 1. The Morgan fingerprint density at radius 1 is 1.17 bits per heavy atom. The molecule has 2 N–H and O–H groups in total. The molecule has 5 heteroatoms. The van der Waals surface area contributed by atoms with Crippen LogP contribution in [0.4, 0.5) is 0 Å². The molecular weight excluding hydrogens is 436 g/mol. The molecule has 0 aromatic heterocycles. The SMILES string of the molecule is C=CCN1CCC2(c3cccc(OC)c3)CC(NC(=O)c3ccc4ccccc4c3)CC(O)C2C1. The molecule has 0 radical (unpaired) electrons. The number of carbonyl (C=O) groups is 1. The molecule has 0 bridgehead atoms. The van der Waals surface area contributed by atoms with Crippen molar-refractivity contribution in [3.05, 3.63) is 90.5 Å². The minimum Gasteiger partial charge on any atom is -0.497 e. The first-order valence-corrected chi connectivity index (χ1v) is 12.5. The summed E-state index contributed by atoms with van der Waals surface area (Å²) in [5.41, 5.74) is 1.60. The van der Waals surface area contributed by atoms with Crippen molar-refractivity contribution >= 4 is 16.7 Å². The van der Waals surface area contributed by atoms with E-state index in [2.05, 4.69) is 28.9 Å². The molecule has 1 aliphatic heterocycles. The summed E-state index contributed by atoms with van der Waals surface area (Å²) in [5.74, 6) is 0.814. The third kappa shape index (κ3) is 4.58. The van der Waals surface area contributed by atoms with Gasteiger partial charge >= 0.3 is 0 Å². The fourth-order valence-electron chi connectivity index (χ4n) is 6.28. The Labute approximate surface area is 207 Å². The van der Waals surface area contributed by atoms with Gasteiger partial charge in [0.2, 0.25) is 0 Å². The normalized spacial score (nSPS) is 26.6. The van der Waals surface area contributed by atoms with Crippen LogP contribution in [0.25, 0.3) is 10.8 Å². The Kier molecular flexibility index (Phi) is 6.63. The molecule has 1 heterocycles. The number of benzene rings is 3. The third-order valence-corrected chi connectivity index (χ3v) is 8.02. The lowest BCUT2D eigenvalue weighted by Crippen LogP contribution is -2.61. The molecule has 2 fully saturated rings. The van der Waals surface area contributed by atoms with E-state index in [4.69, 9.17) is 4.74 Å².